The number of rotatable bonds is 3. The summed E-state index contributed by atoms with van der Waals surface area (Å²) < 4.78 is 5.62. The molecule has 0 saturated heterocycles. The molecule has 1 aliphatic carbocycles. The summed E-state index contributed by atoms with van der Waals surface area (Å²) in [6.07, 6.45) is 2.01. The molecule has 1 saturated carbocycles. The molecule has 1 aliphatic rings. The molecule has 0 spiro atoms. The minimum Gasteiger partial charge on any atom is -0.468 e. The standard InChI is InChI=1S/C14H16BrNO3/c1-16(11-7-4-3-6-10(11)15)12(17)14(8-5-9-14)13(18)19-2/h3-4,6-7H,5,8-9H2,1-2H3. The molecule has 1 aromatic rings. The van der Waals surface area contributed by atoms with Gasteiger partial charge in [0.25, 0.3) is 0 Å². The van der Waals surface area contributed by atoms with Gasteiger partial charge in [0.15, 0.2) is 0 Å². The van der Waals surface area contributed by atoms with E-state index in [0.29, 0.717) is 12.8 Å². The second-order valence-electron chi connectivity index (χ2n) is 4.74. The van der Waals surface area contributed by atoms with Crippen molar-refractivity contribution in [1.82, 2.24) is 0 Å². The molecule has 4 nitrogen and oxygen atoms in total. The van der Waals surface area contributed by atoms with E-state index in [0.717, 1.165) is 16.6 Å². The van der Waals surface area contributed by atoms with E-state index in [1.165, 1.54) is 12.0 Å². The van der Waals surface area contributed by atoms with Crippen LogP contribution >= 0.6 is 15.9 Å². The summed E-state index contributed by atoms with van der Waals surface area (Å²) in [5, 5.41) is 0. The molecule has 0 unspecified atom stereocenters. The third-order valence-electron chi connectivity index (χ3n) is 3.71. The number of halogens is 1. The van der Waals surface area contributed by atoms with Crippen LogP contribution in [-0.4, -0.2) is 26.0 Å². The smallest absolute Gasteiger partial charge is 0.321 e. The van der Waals surface area contributed by atoms with Crippen LogP contribution in [0.2, 0.25) is 0 Å². The molecule has 0 aliphatic heterocycles. The Morgan fingerprint density at radius 2 is 1.95 bits per heavy atom. The zero-order chi connectivity index (χ0) is 14.0. The second kappa shape index (κ2) is 5.33. The first-order chi connectivity index (χ1) is 9.03. The molecule has 0 bridgehead atoms. The topological polar surface area (TPSA) is 46.6 Å². The molecule has 0 atom stereocenters. The van der Waals surface area contributed by atoms with Gasteiger partial charge in [-0.2, -0.15) is 0 Å². The Bertz CT molecular complexity index is 511. The van der Waals surface area contributed by atoms with Crippen molar-refractivity contribution in [3.05, 3.63) is 28.7 Å². The summed E-state index contributed by atoms with van der Waals surface area (Å²) in [5.41, 5.74) is -0.235. The summed E-state index contributed by atoms with van der Waals surface area (Å²) >= 11 is 3.42. The highest BCUT2D eigenvalue weighted by Crippen LogP contribution is 2.44. The Kier molecular flexibility index (Phi) is 3.94. The third kappa shape index (κ3) is 2.27. The number of methoxy groups -OCH3 is 1. The highest BCUT2D eigenvalue weighted by molar-refractivity contribution is 9.10. The number of anilines is 1. The average molecular weight is 326 g/mol. The molecule has 0 N–H and O–H groups in total. The molecule has 0 aromatic heterocycles. The normalized spacial score (nSPS) is 16.4. The fraction of sp³-hybridized carbons (Fsp3) is 0.429. The average Bonchev–Trinajstić information content (AvgIpc) is 2.36. The Hall–Kier alpha value is -1.36. The van der Waals surface area contributed by atoms with E-state index in [1.54, 1.807) is 7.05 Å². The molecule has 2 rings (SSSR count). The number of nitrogens with zero attached hydrogens (tertiary/aromatic N) is 1. The van der Waals surface area contributed by atoms with Gasteiger partial charge in [-0.1, -0.05) is 18.6 Å². The lowest BCUT2D eigenvalue weighted by atomic mass is 9.67. The minimum atomic E-state index is -0.987. The highest BCUT2D eigenvalue weighted by Gasteiger charge is 2.53. The van der Waals surface area contributed by atoms with Gasteiger partial charge < -0.3 is 9.64 Å². The zero-order valence-corrected chi connectivity index (χ0v) is 12.6. The maximum atomic E-state index is 12.6. The van der Waals surface area contributed by atoms with Crippen molar-refractivity contribution < 1.29 is 14.3 Å². The lowest BCUT2D eigenvalue weighted by molar-refractivity contribution is -0.163. The van der Waals surface area contributed by atoms with E-state index < -0.39 is 11.4 Å². The lowest BCUT2D eigenvalue weighted by Gasteiger charge is -2.39. The van der Waals surface area contributed by atoms with E-state index in [4.69, 9.17) is 4.74 Å². The number of ether oxygens (including phenoxy) is 1. The number of amides is 1. The Morgan fingerprint density at radius 3 is 2.42 bits per heavy atom. The van der Waals surface area contributed by atoms with Gasteiger partial charge in [-0.25, -0.2) is 0 Å². The Balaban J connectivity index is 2.29. The predicted molar refractivity (Wildman–Crippen MR) is 75.9 cm³/mol. The third-order valence-corrected chi connectivity index (χ3v) is 4.38. The number of carbonyl (C=O) groups is 2. The number of benzene rings is 1. The highest BCUT2D eigenvalue weighted by atomic mass is 79.9. The van der Waals surface area contributed by atoms with Crippen molar-refractivity contribution in [2.75, 3.05) is 19.1 Å². The van der Waals surface area contributed by atoms with Crippen LogP contribution in [0.4, 0.5) is 5.69 Å². The van der Waals surface area contributed by atoms with E-state index in [1.807, 2.05) is 24.3 Å². The van der Waals surface area contributed by atoms with Gasteiger partial charge >= 0.3 is 5.97 Å². The molecular formula is C14H16BrNO3. The van der Waals surface area contributed by atoms with E-state index in [2.05, 4.69) is 15.9 Å². The van der Waals surface area contributed by atoms with Gasteiger partial charge in [-0.3, -0.25) is 9.59 Å². The van der Waals surface area contributed by atoms with Crippen molar-refractivity contribution in [2.45, 2.75) is 19.3 Å². The minimum absolute atomic E-state index is 0.197. The maximum Gasteiger partial charge on any atom is 0.321 e. The van der Waals surface area contributed by atoms with Crippen LogP contribution in [0.15, 0.2) is 28.7 Å². The van der Waals surface area contributed by atoms with Gasteiger partial charge in [-0.05, 0) is 40.9 Å². The first-order valence-electron chi connectivity index (χ1n) is 6.14. The Labute approximate surface area is 120 Å². The van der Waals surface area contributed by atoms with Crippen LogP contribution in [0.3, 0.4) is 0 Å². The molecule has 0 radical (unpaired) electrons. The van der Waals surface area contributed by atoms with Crippen molar-refractivity contribution in [3.8, 4) is 0 Å². The molecule has 19 heavy (non-hydrogen) atoms. The van der Waals surface area contributed by atoms with Crippen LogP contribution in [0.1, 0.15) is 19.3 Å². The van der Waals surface area contributed by atoms with Crippen molar-refractivity contribution in [1.29, 1.82) is 0 Å². The monoisotopic (exact) mass is 325 g/mol. The molecule has 0 heterocycles. The van der Waals surface area contributed by atoms with E-state index >= 15 is 0 Å². The maximum absolute atomic E-state index is 12.6. The van der Waals surface area contributed by atoms with Crippen LogP contribution in [0.25, 0.3) is 0 Å². The zero-order valence-electron chi connectivity index (χ0n) is 11.0. The van der Waals surface area contributed by atoms with E-state index in [9.17, 15) is 9.59 Å². The second-order valence-corrected chi connectivity index (χ2v) is 5.60. The van der Waals surface area contributed by atoms with Crippen LogP contribution in [0.5, 0.6) is 0 Å². The molecule has 102 valence electrons. The van der Waals surface area contributed by atoms with Crippen molar-refractivity contribution in [2.24, 2.45) is 5.41 Å². The quantitative estimate of drug-likeness (QED) is 0.634. The summed E-state index contributed by atoms with van der Waals surface area (Å²) in [5.74, 6) is -0.625. The molecule has 1 aromatic carbocycles. The molecule has 5 heteroatoms. The summed E-state index contributed by atoms with van der Waals surface area (Å²) in [7, 11) is 3.01. The summed E-state index contributed by atoms with van der Waals surface area (Å²) in [6, 6.07) is 7.44. The van der Waals surface area contributed by atoms with Gasteiger partial charge in [0.2, 0.25) is 5.91 Å². The largest absolute Gasteiger partial charge is 0.468 e. The van der Waals surface area contributed by atoms with Crippen molar-refractivity contribution in [3.63, 3.8) is 0 Å². The molecule has 1 amide bonds. The van der Waals surface area contributed by atoms with Crippen LogP contribution < -0.4 is 4.90 Å². The fourth-order valence-electron chi connectivity index (χ4n) is 2.39. The lowest BCUT2D eigenvalue weighted by Crippen LogP contribution is -2.52. The van der Waals surface area contributed by atoms with Gasteiger partial charge in [0.05, 0.1) is 12.8 Å². The molecular weight excluding hydrogens is 310 g/mol. The van der Waals surface area contributed by atoms with Crippen molar-refractivity contribution >= 4 is 33.5 Å². The number of esters is 1. The molecule has 1 fully saturated rings. The van der Waals surface area contributed by atoms with Crippen LogP contribution in [0, 0.1) is 5.41 Å². The fourth-order valence-corrected chi connectivity index (χ4v) is 2.94. The van der Waals surface area contributed by atoms with E-state index in [-0.39, 0.29) is 5.91 Å². The predicted octanol–water partition coefficient (Wildman–Crippen LogP) is 2.76. The number of hydrogen-bond acceptors (Lipinski definition) is 3. The first-order valence-corrected chi connectivity index (χ1v) is 6.93. The number of para-hydroxylation sites is 1. The Morgan fingerprint density at radius 1 is 1.32 bits per heavy atom. The van der Waals surface area contributed by atoms with Gasteiger partial charge in [-0.15, -0.1) is 0 Å². The van der Waals surface area contributed by atoms with Gasteiger partial charge in [0.1, 0.15) is 5.41 Å². The first kappa shape index (κ1) is 14.1. The van der Waals surface area contributed by atoms with Crippen LogP contribution in [-0.2, 0) is 14.3 Å². The number of hydrogen-bond donors (Lipinski definition) is 0. The number of carbonyl (C=O) groups excluding carboxylic acids is 2. The van der Waals surface area contributed by atoms with Gasteiger partial charge in [0, 0.05) is 11.5 Å². The summed E-state index contributed by atoms with van der Waals surface area (Å²) in [4.78, 5) is 26.0. The summed E-state index contributed by atoms with van der Waals surface area (Å²) in [6.45, 7) is 0. The SMILES string of the molecule is COC(=O)C1(C(=O)N(C)c2ccccc2Br)CCC1.